The van der Waals surface area contributed by atoms with E-state index in [4.69, 9.17) is 0 Å². The van der Waals surface area contributed by atoms with Crippen LogP contribution >= 0.6 is 0 Å². The number of hydrogen-bond acceptors (Lipinski definition) is 5. The molecule has 0 spiro atoms. The van der Waals surface area contributed by atoms with Crippen molar-refractivity contribution in [3.63, 3.8) is 0 Å². The number of nitrogens with zero attached hydrogens (tertiary/aromatic N) is 3. The summed E-state index contributed by atoms with van der Waals surface area (Å²) in [7, 11) is 0.0286. The molecule has 0 bridgehead atoms. The molecule has 9 nitrogen and oxygen atoms in total. The van der Waals surface area contributed by atoms with Crippen LogP contribution in [0.5, 0.6) is 0 Å². The molecule has 2 fully saturated rings. The van der Waals surface area contributed by atoms with Gasteiger partial charge in [-0.3, -0.25) is 9.59 Å². The first-order valence-electron chi connectivity index (χ1n) is 11.9. The van der Waals surface area contributed by atoms with Crippen molar-refractivity contribution in [2.24, 2.45) is 0 Å². The maximum Gasteiger partial charge on any atom is 0.284 e. The molecule has 34 heavy (non-hydrogen) atoms. The minimum absolute atomic E-state index is 0.0966. The third-order valence-corrected chi connectivity index (χ3v) is 9.29. The second-order valence-electron chi connectivity index (χ2n) is 9.67. The summed E-state index contributed by atoms with van der Waals surface area (Å²) < 4.78 is 44.5. The van der Waals surface area contributed by atoms with Crippen molar-refractivity contribution >= 4 is 27.7 Å². The third-order valence-electron chi connectivity index (χ3n) is 7.22. The highest BCUT2D eigenvalue weighted by molar-refractivity contribution is 7.86. The maximum absolute atomic E-state index is 15.4. The SMILES string of the molecule is CC[C@H]1C[C@@H](NC(=O)c2ccc3c(c2)CC(=O)N3)C[C@@H](F)N1S(=O)(=O)N1CCC(N(C)C)CC1. The zero-order valence-corrected chi connectivity index (χ0v) is 20.8. The molecular formula is C23H34FN5O4S. The van der Waals surface area contributed by atoms with Gasteiger partial charge in [-0.15, -0.1) is 0 Å². The number of amides is 2. The Bertz CT molecular complexity index is 1040. The lowest BCUT2D eigenvalue weighted by atomic mass is 9.96. The molecule has 11 heteroatoms. The van der Waals surface area contributed by atoms with Crippen LogP contribution in [0, 0.1) is 0 Å². The molecule has 0 aliphatic carbocycles. The van der Waals surface area contributed by atoms with E-state index in [2.05, 4.69) is 15.5 Å². The minimum Gasteiger partial charge on any atom is -0.349 e. The molecule has 0 aromatic heterocycles. The summed E-state index contributed by atoms with van der Waals surface area (Å²) >= 11 is 0. The van der Waals surface area contributed by atoms with Gasteiger partial charge in [0.15, 0.2) is 6.30 Å². The van der Waals surface area contributed by atoms with Crippen LogP contribution in [-0.2, 0) is 21.4 Å². The van der Waals surface area contributed by atoms with Crippen molar-refractivity contribution in [1.29, 1.82) is 0 Å². The van der Waals surface area contributed by atoms with E-state index in [0.29, 0.717) is 56.1 Å². The molecule has 3 aliphatic heterocycles. The first kappa shape index (κ1) is 25.0. The number of alkyl halides is 1. The van der Waals surface area contributed by atoms with Gasteiger partial charge >= 0.3 is 0 Å². The molecule has 0 radical (unpaired) electrons. The van der Waals surface area contributed by atoms with E-state index in [1.54, 1.807) is 18.2 Å². The lowest BCUT2D eigenvalue weighted by molar-refractivity contribution is -0.115. The van der Waals surface area contributed by atoms with Crippen LogP contribution in [0.4, 0.5) is 10.1 Å². The first-order valence-corrected chi connectivity index (χ1v) is 13.3. The minimum atomic E-state index is -3.94. The zero-order chi connectivity index (χ0) is 24.6. The number of fused-ring (bicyclic) bond motifs is 1. The molecule has 1 aromatic rings. The van der Waals surface area contributed by atoms with Crippen LogP contribution in [0.25, 0.3) is 0 Å². The van der Waals surface area contributed by atoms with Crippen molar-refractivity contribution < 1.29 is 22.4 Å². The van der Waals surface area contributed by atoms with E-state index < -0.39 is 28.6 Å². The lowest BCUT2D eigenvalue weighted by Crippen LogP contribution is -2.59. The number of benzene rings is 1. The zero-order valence-electron chi connectivity index (χ0n) is 20.0. The van der Waals surface area contributed by atoms with Gasteiger partial charge in [0.2, 0.25) is 5.91 Å². The molecule has 2 amide bonds. The second kappa shape index (κ2) is 9.88. The Morgan fingerprint density at radius 2 is 1.94 bits per heavy atom. The van der Waals surface area contributed by atoms with Gasteiger partial charge in [-0.05, 0) is 63.5 Å². The van der Waals surface area contributed by atoms with Gasteiger partial charge in [0.25, 0.3) is 16.1 Å². The van der Waals surface area contributed by atoms with Gasteiger partial charge in [0, 0.05) is 48.9 Å². The fourth-order valence-corrected chi connectivity index (χ4v) is 7.18. The predicted octanol–water partition coefficient (Wildman–Crippen LogP) is 1.72. The molecule has 3 heterocycles. The fourth-order valence-electron chi connectivity index (χ4n) is 5.26. The predicted molar refractivity (Wildman–Crippen MR) is 127 cm³/mol. The van der Waals surface area contributed by atoms with Crippen molar-refractivity contribution in [1.82, 2.24) is 18.8 Å². The van der Waals surface area contributed by atoms with Crippen molar-refractivity contribution in [2.75, 3.05) is 32.5 Å². The van der Waals surface area contributed by atoms with Crippen LogP contribution in [0.1, 0.15) is 54.9 Å². The molecule has 0 unspecified atom stereocenters. The van der Waals surface area contributed by atoms with Crippen LogP contribution in [0.3, 0.4) is 0 Å². The number of carbonyl (C=O) groups is 2. The average molecular weight is 496 g/mol. The number of piperidine rings is 2. The summed E-state index contributed by atoms with van der Waals surface area (Å²) in [5, 5.41) is 5.61. The Labute approximate surface area is 200 Å². The maximum atomic E-state index is 15.4. The van der Waals surface area contributed by atoms with E-state index in [1.165, 1.54) is 4.31 Å². The summed E-state index contributed by atoms with van der Waals surface area (Å²) in [4.78, 5) is 26.5. The Hall–Kier alpha value is -2.08. The van der Waals surface area contributed by atoms with Crippen LogP contribution < -0.4 is 10.6 Å². The number of hydrogen-bond donors (Lipinski definition) is 2. The van der Waals surface area contributed by atoms with Crippen LogP contribution in [0.15, 0.2) is 18.2 Å². The van der Waals surface area contributed by atoms with E-state index in [1.807, 2.05) is 21.0 Å². The Morgan fingerprint density at radius 1 is 1.24 bits per heavy atom. The number of carbonyl (C=O) groups excluding carboxylic acids is 2. The summed E-state index contributed by atoms with van der Waals surface area (Å²) in [5.74, 6) is -0.464. The first-order chi connectivity index (χ1) is 16.1. The molecule has 4 rings (SSSR count). The molecular weight excluding hydrogens is 461 g/mol. The third kappa shape index (κ3) is 4.98. The Balaban J connectivity index is 1.42. The highest BCUT2D eigenvalue weighted by Crippen LogP contribution is 2.32. The van der Waals surface area contributed by atoms with E-state index >= 15 is 4.39 Å². The monoisotopic (exact) mass is 495 g/mol. The topological polar surface area (TPSA) is 102 Å². The van der Waals surface area contributed by atoms with Gasteiger partial charge in [0.1, 0.15) is 0 Å². The van der Waals surface area contributed by atoms with Gasteiger partial charge < -0.3 is 15.5 Å². The number of anilines is 1. The van der Waals surface area contributed by atoms with Gasteiger partial charge in [-0.2, -0.15) is 17.0 Å². The quantitative estimate of drug-likeness (QED) is 0.585. The van der Waals surface area contributed by atoms with E-state index in [9.17, 15) is 18.0 Å². The summed E-state index contributed by atoms with van der Waals surface area (Å²) in [6.45, 7) is 2.59. The lowest BCUT2D eigenvalue weighted by Gasteiger charge is -2.44. The fraction of sp³-hybridized carbons (Fsp3) is 0.652. The van der Waals surface area contributed by atoms with Gasteiger partial charge in [-0.1, -0.05) is 6.92 Å². The van der Waals surface area contributed by atoms with Crippen molar-refractivity contribution in [3.8, 4) is 0 Å². The highest BCUT2D eigenvalue weighted by Gasteiger charge is 2.45. The van der Waals surface area contributed by atoms with Gasteiger partial charge in [0.05, 0.1) is 6.42 Å². The van der Waals surface area contributed by atoms with Crippen LogP contribution in [-0.4, -0.2) is 85.3 Å². The molecule has 3 atom stereocenters. The number of halogens is 1. The van der Waals surface area contributed by atoms with Crippen molar-refractivity contribution in [3.05, 3.63) is 29.3 Å². The molecule has 2 N–H and O–H groups in total. The van der Waals surface area contributed by atoms with E-state index in [-0.39, 0.29) is 24.7 Å². The Morgan fingerprint density at radius 3 is 2.59 bits per heavy atom. The normalized spacial score (nSPS) is 27.0. The van der Waals surface area contributed by atoms with Crippen LogP contribution in [0.2, 0.25) is 0 Å². The highest BCUT2D eigenvalue weighted by atomic mass is 32.2. The molecule has 0 saturated carbocycles. The van der Waals surface area contributed by atoms with E-state index in [0.717, 1.165) is 9.87 Å². The average Bonchev–Trinajstić information content (AvgIpc) is 3.17. The standard InChI is InChI=1S/C23H34FN5O4S/c1-4-18-13-17(25-23(31)15-5-6-20-16(11-15)12-22(30)26-20)14-21(24)29(18)34(32,33)28-9-7-19(8-10-28)27(2)3/h5-6,11,17-19,21H,4,7-10,12-14H2,1-3H3,(H,25,31)(H,26,30)/t17-,18+,21+/m1/s1. The largest absolute Gasteiger partial charge is 0.349 e. The summed E-state index contributed by atoms with van der Waals surface area (Å²) in [5.41, 5.74) is 1.86. The summed E-state index contributed by atoms with van der Waals surface area (Å²) in [6.07, 6.45) is 0.655. The molecule has 1 aromatic carbocycles. The Kier molecular flexibility index (Phi) is 7.28. The molecule has 188 valence electrons. The summed E-state index contributed by atoms with van der Waals surface area (Å²) in [6, 6.07) is 4.30. The molecule has 2 saturated heterocycles. The smallest absolute Gasteiger partial charge is 0.284 e. The number of nitrogens with one attached hydrogen (secondary N) is 2. The van der Waals surface area contributed by atoms with Crippen molar-refractivity contribution in [2.45, 2.75) is 69.9 Å². The number of rotatable bonds is 6. The van der Waals surface area contributed by atoms with Gasteiger partial charge in [-0.25, -0.2) is 4.39 Å². The molecule has 3 aliphatic rings. The second-order valence-corrected chi connectivity index (χ2v) is 11.5.